The molecular weight excluding hydrogens is 202 g/mol. The van der Waals surface area contributed by atoms with Gasteiger partial charge in [-0.1, -0.05) is 0 Å². The van der Waals surface area contributed by atoms with Crippen molar-refractivity contribution < 1.29 is 9.47 Å². The molecule has 1 rings (SSSR count). The number of methoxy groups -OCH3 is 2. The van der Waals surface area contributed by atoms with E-state index in [1.165, 1.54) is 11.1 Å². The van der Waals surface area contributed by atoms with E-state index in [-0.39, 0.29) is 6.04 Å². The first-order valence-electron chi connectivity index (χ1n) is 5.47. The number of ether oxygens (including phenoxy) is 2. The molecule has 3 heteroatoms. The van der Waals surface area contributed by atoms with E-state index in [2.05, 4.69) is 6.92 Å². The molecule has 0 bridgehead atoms. The molecular formula is C13H21NO2. The minimum Gasteiger partial charge on any atom is -0.493 e. The predicted octanol–water partition coefficient (Wildman–Crippen LogP) is 2.21. The Kier molecular flexibility index (Phi) is 4.19. The predicted molar refractivity (Wildman–Crippen MR) is 66.4 cm³/mol. The molecule has 0 saturated carbocycles. The summed E-state index contributed by atoms with van der Waals surface area (Å²) in [5, 5.41) is 0. The van der Waals surface area contributed by atoms with Crippen molar-refractivity contribution >= 4 is 0 Å². The third kappa shape index (κ3) is 2.47. The average Bonchev–Trinajstić information content (AvgIpc) is 2.23. The van der Waals surface area contributed by atoms with Gasteiger partial charge in [0.25, 0.3) is 0 Å². The molecule has 2 N–H and O–H groups in total. The first-order chi connectivity index (χ1) is 7.51. The topological polar surface area (TPSA) is 44.5 Å². The minimum atomic E-state index is 0.149. The van der Waals surface area contributed by atoms with Crippen LogP contribution in [0, 0.1) is 13.8 Å². The quantitative estimate of drug-likeness (QED) is 0.851. The van der Waals surface area contributed by atoms with Crippen LogP contribution in [0.1, 0.15) is 23.6 Å². The van der Waals surface area contributed by atoms with Crippen LogP contribution in [0.5, 0.6) is 11.5 Å². The molecule has 0 saturated heterocycles. The standard InChI is InChI=1S/C13H21NO2/c1-8-6-12(15-4)13(16-5)10(3)11(8)7-9(2)14/h6,9H,7,14H2,1-5H3. The Morgan fingerprint density at radius 2 is 1.88 bits per heavy atom. The number of nitrogens with two attached hydrogens (primary N) is 1. The molecule has 0 fully saturated rings. The molecule has 1 atom stereocenters. The van der Waals surface area contributed by atoms with Crippen LogP contribution in [0.4, 0.5) is 0 Å². The summed E-state index contributed by atoms with van der Waals surface area (Å²) < 4.78 is 10.7. The molecule has 1 aromatic rings. The van der Waals surface area contributed by atoms with Gasteiger partial charge in [0.2, 0.25) is 0 Å². The SMILES string of the molecule is COc1cc(C)c(CC(C)N)c(C)c1OC. The lowest BCUT2D eigenvalue weighted by atomic mass is 9.96. The fourth-order valence-corrected chi connectivity index (χ4v) is 2.01. The first kappa shape index (κ1) is 12.8. The number of hydrogen-bond donors (Lipinski definition) is 1. The smallest absolute Gasteiger partial charge is 0.163 e. The van der Waals surface area contributed by atoms with Gasteiger partial charge in [-0.3, -0.25) is 0 Å². The summed E-state index contributed by atoms with van der Waals surface area (Å²) >= 11 is 0. The van der Waals surface area contributed by atoms with E-state index in [1.54, 1.807) is 14.2 Å². The van der Waals surface area contributed by atoms with Crippen molar-refractivity contribution in [3.8, 4) is 11.5 Å². The van der Waals surface area contributed by atoms with Crippen molar-refractivity contribution in [3.63, 3.8) is 0 Å². The summed E-state index contributed by atoms with van der Waals surface area (Å²) in [6, 6.07) is 2.15. The molecule has 0 aliphatic rings. The van der Waals surface area contributed by atoms with Gasteiger partial charge >= 0.3 is 0 Å². The number of hydrogen-bond acceptors (Lipinski definition) is 3. The van der Waals surface area contributed by atoms with Crippen molar-refractivity contribution in [2.75, 3.05) is 14.2 Å². The number of aryl methyl sites for hydroxylation is 1. The molecule has 0 aliphatic heterocycles. The van der Waals surface area contributed by atoms with Gasteiger partial charge < -0.3 is 15.2 Å². The van der Waals surface area contributed by atoms with Crippen LogP contribution in [-0.2, 0) is 6.42 Å². The Labute approximate surface area is 97.6 Å². The second kappa shape index (κ2) is 5.21. The van der Waals surface area contributed by atoms with Crippen LogP contribution in [0.2, 0.25) is 0 Å². The van der Waals surface area contributed by atoms with E-state index in [4.69, 9.17) is 15.2 Å². The van der Waals surface area contributed by atoms with Crippen LogP contribution in [0.25, 0.3) is 0 Å². The van der Waals surface area contributed by atoms with Crippen LogP contribution >= 0.6 is 0 Å². The molecule has 0 aromatic heterocycles. The van der Waals surface area contributed by atoms with Gasteiger partial charge in [0.05, 0.1) is 14.2 Å². The second-order valence-corrected chi connectivity index (χ2v) is 4.21. The third-order valence-electron chi connectivity index (χ3n) is 2.79. The van der Waals surface area contributed by atoms with Crippen LogP contribution in [0.3, 0.4) is 0 Å². The molecule has 90 valence electrons. The van der Waals surface area contributed by atoms with Gasteiger partial charge in [0.15, 0.2) is 11.5 Å². The molecule has 0 spiro atoms. The Hall–Kier alpha value is -1.22. The van der Waals surface area contributed by atoms with Gasteiger partial charge in [0, 0.05) is 6.04 Å². The highest BCUT2D eigenvalue weighted by Crippen LogP contribution is 2.35. The summed E-state index contributed by atoms with van der Waals surface area (Å²) in [5.41, 5.74) is 9.43. The lowest BCUT2D eigenvalue weighted by Crippen LogP contribution is -2.19. The van der Waals surface area contributed by atoms with Crippen molar-refractivity contribution in [2.45, 2.75) is 33.2 Å². The van der Waals surface area contributed by atoms with Crippen molar-refractivity contribution in [2.24, 2.45) is 5.73 Å². The van der Waals surface area contributed by atoms with Gasteiger partial charge in [-0.05, 0) is 49.9 Å². The summed E-state index contributed by atoms with van der Waals surface area (Å²) in [6.45, 7) is 6.13. The summed E-state index contributed by atoms with van der Waals surface area (Å²) in [7, 11) is 3.32. The van der Waals surface area contributed by atoms with Crippen LogP contribution < -0.4 is 15.2 Å². The van der Waals surface area contributed by atoms with Crippen molar-refractivity contribution in [1.82, 2.24) is 0 Å². The minimum absolute atomic E-state index is 0.149. The molecule has 16 heavy (non-hydrogen) atoms. The summed E-state index contributed by atoms with van der Waals surface area (Å²) in [4.78, 5) is 0. The highest BCUT2D eigenvalue weighted by molar-refractivity contribution is 5.53. The van der Waals surface area contributed by atoms with E-state index >= 15 is 0 Å². The Morgan fingerprint density at radius 1 is 1.25 bits per heavy atom. The van der Waals surface area contributed by atoms with Gasteiger partial charge in [-0.2, -0.15) is 0 Å². The number of rotatable bonds is 4. The van der Waals surface area contributed by atoms with Crippen molar-refractivity contribution in [3.05, 3.63) is 22.8 Å². The largest absolute Gasteiger partial charge is 0.493 e. The zero-order valence-corrected chi connectivity index (χ0v) is 10.8. The molecule has 1 aromatic carbocycles. The fourth-order valence-electron chi connectivity index (χ4n) is 2.01. The molecule has 0 amide bonds. The van der Waals surface area contributed by atoms with Gasteiger partial charge in [0.1, 0.15) is 0 Å². The monoisotopic (exact) mass is 223 g/mol. The lowest BCUT2D eigenvalue weighted by molar-refractivity contribution is 0.352. The number of benzene rings is 1. The fraction of sp³-hybridized carbons (Fsp3) is 0.538. The second-order valence-electron chi connectivity index (χ2n) is 4.21. The van der Waals surface area contributed by atoms with E-state index in [9.17, 15) is 0 Å². The average molecular weight is 223 g/mol. The van der Waals surface area contributed by atoms with Crippen LogP contribution in [-0.4, -0.2) is 20.3 Å². The highest BCUT2D eigenvalue weighted by Gasteiger charge is 2.15. The van der Waals surface area contributed by atoms with Gasteiger partial charge in [-0.25, -0.2) is 0 Å². The van der Waals surface area contributed by atoms with E-state index in [0.29, 0.717) is 0 Å². The van der Waals surface area contributed by atoms with E-state index < -0.39 is 0 Å². The summed E-state index contributed by atoms with van der Waals surface area (Å²) in [5.74, 6) is 1.59. The zero-order chi connectivity index (χ0) is 12.3. The molecule has 0 aliphatic carbocycles. The zero-order valence-electron chi connectivity index (χ0n) is 10.8. The van der Waals surface area contributed by atoms with Crippen LogP contribution in [0.15, 0.2) is 6.07 Å². The highest BCUT2D eigenvalue weighted by atomic mass is 16.5. The molecule has 1 unspecified atom stereocenters. The Morgan fingerprint density at radius 3 is 2.31 bits per heavy atom. The lowest BCUT2D eigenvalue weighted by Gasteiger charge is -2.18. The Bertz CT molecular complexity index is 373. The molecule has 3 nitrogen and oxygen atoms in total. The summed E-state index contributed by atoms with van der Waals surface area (Å²) in [6.07, 6.45) is 0.859. The maximum Gasteiger partial charge on any atom is 0.163 e. The van der Waals surface area contributed by atoms with Gasteiger partial charge in [-0.15, -0.1) is 0 Å². The normalized spacial score (nSPS) is 12.4. The molecule has 0 radical (unpaired) electrons. The maximum absolute atomic E-state index is 5.85. The Balaban J connectivity index is 3.29. The van der Waals surface area contributed by atoms with E-state index in [0.717, 1.165) is 23.5 Å². The first-order valence-corrected chi connectivity index (χ1v) is 5.47. The maximum atomic E-state index is 5.85. The molecule has 0 heterocycles. The van der Waals surface area contributed by atoms with Crippen molar-refractivity contribution in [1.29, 1.82) is 0 Å². The third-order valence-corrected chi connectivity index (χ3v) is 2.79. The van der Waals surface area contributed by atoms with E-state index in [1.807, 2.05) is 19.9 Å².